The standard InChI is InChI=1S/C23H29N3O3S/c1-22(2,3)16-10-15(19(27)18(12-16)23(4,5)6)13-24-26-21(30)25-17-9-7-8-14(11-17)20(28)29/h7-13,27H,1-6H3,(H,28,29)(H2,25,26,30). The Morgan fingerprint density at radius 2 is 1.73 bits per heavy atom. The van der Waals surface area contributed by atoms with Gasteiger partial charge in [-0.2, -0.15) is 5.10 Å². The first-order valence-electron chi connectivity index (χ1n) is 9.60. The van der Waals surface area contributed by atoms with E-state index < -0.39 is 5.97 Å². The number of thiocarbonyl (C=S) groups is 1. The van der Waals surface area contributed by atoms with Crippen LogP contribution in [0.3, 0.4) is 0 Å². The van der Waals surface area contributed by atoms with Gasteiger partial charge in [0, 0.05) is 16.8 Å². The lowest BCUT2D eigenvalue weighted by atomic mass is 9.79. The Morgan fingerprint density at radius 3 is 2.30 bits per heavy atom. The Balaban J connectivity index is 2.22. The third-order valence-electron chi connectivity index (χ3n) is 4.55. The number of phenols is 1. The highest BCUT2D eigenvalue weighted by atomic mass is 32.1. The van der Waals surface area contributed by atoms with E-state index in [0.717, 1.165) is 11.1 Å². The SMILES string of the molecule is CC(C)(C)c1cc(C=NNC(=S)Nc2cccc(C(=O)O)c2)c(O)c(C(C)(C)C)c1. The monoisotopic (exact) mass is 427 g/mol. The normalized spacial score (nSPS) is 12.1. The topological polar surface area (TPSA) is 94.0 Å². The minimum atomic E-state index is -1.01. The van der Waals surface area contributed by atoms with Crippen molar-refractivity contribution < 1.29 is 15.0 Å². The number of carboxylic acid groups (broad SMARTS) is 1. The van der Waals surface area contributed by atoms with E-state index in [4.69, 9.17) is 17.3 Å². The summed E-state index contributed by atoms with van der Waals surface area (Å²) in [7, 11) is 0. The number of nitrogens with one attached hydrogen (secondary N) is 2. The third kappa shape index (κ3) is 6.03. The molecule has 0 amide bonds. The van der Waals surface area contributed by atoms with Crippen molar-refractivity contribution in [1.29, 1.82) is 0 Å². The van der Waals surface area contributed by atoms with Crippen molar-refractivity contribution in [3.8, 4) is 5.75 Å². The zero-order valence-corrected chi connectivity index (χ0v) is 19.0. The first-order chi connectivity index (χ1) is 13.8. The largest absolute Gasteiger partial charge is 0.507 e. The maximum absolute atomic E-state index is 11.1. The van der Waals surface area contributed by atoms with E-state index in [1.807, 2.05) is 12.1 Å². The zero-order valence-electron chi connectivity index (χ0n) is 18.2. The molecule has 0 saturated heterocycles. The van der Waals surface area contributed by atoms with Crippen LogP contribution in [0.5, 0.6) is 5.75 Å². The Labute approximate surface area is 183 Å². The van der Waals surface area contributed by atoms with Crippen molar-refractivity contribution in [2.45, 2.75) is 52.4 Å². The molecule has 0 saturated carbocycles. The third-order valence-corrected chi connectivity index (χ3v) is 4.74. The van der Waals surface area contributed by atoms with Crippen molar-refractivity contribution >= 4 is 35.2 Å². The fraction of sp³-hybridized carbons (Fsp3) is 0.348. The molecule has 2 aromatic carbocycles. The fourth-order valence-electron chi connectivity index (χ4n) is 2.81. The molecule has 0 atom stereocenters. The van der Waals surface area contributed by atoms with Crippen LogP contribution in [0.4, 0.5) is 5.69 Å². The summed E-state index contributed by atoms with van der Waals surface area (Å²) in [4.78, 5) is 11.1. The quantitative estimate of drug-likeness (QED) is 0.311. The molecular formula is C23H29N3O3S. The molecule has 0 radical (unpaired) electrons. The summed E-state index contributed by atoms with van der Waals surface area (Å²) in [6, 6.07) is 10.3. The van der Waals surface area contributed by atoms with Gasteiger partial charge in [-0.05, 0) is 52.9 Å². The first-order valence-corrected chi connectivity index (χ1v) is 10.0. The smallest absolute Gasteiger partial charge is 0.335 e. The van der Waals surface area contributed by atoms with Gasteiger partial charge in [-0.1, -0.05) is 53.7 Å². The number of aromatic carboxylic acids is 1. The van der Waals surface area contributed by atoms with E-state index in [9.17, 15) is 9.90 Å². The average molecular weight is 428 g/mol. The molecule has 0 aliphatic rings. The lowest BCUT2D eigenvalue weighted by Crippen LogP contribution is -2.24. The highest BCUT2D eigenvalue weighted by Crippen LogP contribution is 2.37. The number of hydrogen-bond donors (Lipinski definition) is 4. The number of anilines is 1. The van der Waals surface area contributed by atoms with Crippen LogP contribution in [0.15, 0.2) is 41.5 Å². The van der Waals surface area contributed by atoms with Gasteiger partial charge in [-0.15, -0.1) is 0 Å². The molecule has 0 aliphatic carbocycles. The van der Waals surface area contributed by atoms with Gasteiger partial charge in [0.25, 0.3) is 0 Å². The Kier molecular flexibility index (Phi) is 6.87. The Bertz CT molecular complexity index is 986. The molecule has 0 fully saturated rings. The number of carboxylic acids is 1. The minimum absolute atomic E-state index is 0.0876. The van der Waals surface area contributed by atoms with Crippen molar-refractivity contribution in [2.75, 3.05) is 5.32 Å². The summed E-state index contributed by atoms with van der Waals surface area (Å²) < 4.78 is 0. The molecule has 2 aromatic rings. The predicted octanol–water partition coefficient (Wildman–Crippen LogP) is 5.01. The summed E-state index contributed by atoms with van der Waals surface area (Å²) in [6.45, 7) is 12.5. The van der Waals surface area contributed by atoms with Gasteiger partial charge in [-0.25, -0.2) is 4.79 Å². The second kappa shape index (κ2) is 8.83. The number of benzene rings is 2. The number of carbonyl (C=O) groups is 1. The van der Waals surface area contributed by atoms with Gasteiger partial charge in [0.15, 0.2) is 5.11 Å². The lowest BCUT2D eigenvalue weighted by molar-refractivity contribution is 0.0697. The van der Waals surface area contributed by atoms with E-state index in [1.165, 1.54) is 18.3 Å². The van der Waals surface area contributed by atoms with Gasteiger partial charge in [0.05, 0.1) is 11.8 Å². The van der Waals surface area contributed by atoms with E-state index in [-0.39, 0.29) is 27.3 Å². The van der Waals surface area contributed by atoms with E-state index >= 15 is 0 Å². The summed E-state index contributed by atoms with van der Waals surface area (Å²) in [6.07, 6.45) is 1.53. The molecule has 4 N–H and O–H groups in total. The maximum atomic E-state index is 11.1. The van der Waals surface area contributed by atoms with Crippen LogP contribution in [0.25, 0.3) is 0 Å². The molecule has 160 valence electrons. The predicted molar refractivity (Wildman–Crippen MR) is 126 cm³/mol. The summed E-state index contributed by atoms with van der Waals surface area (Å²) >= 11 is 5.22. The molecule has 0 aliphatic heterocycles. The molecule has 30 heavy (non-hydrogen) atoms. The fourth-order valence-corrected chi connectivity index (χ4v) is 2.98. The van der Waals surface area contributed by atoms with Gasteiger partial charge in [0.2, 0.25) is 0 Å². The van der Waals surface area contributed by atoms with Crippen LogP contribution in [0.1, 0.15) is 68.6 Å². The molecule has 0 spiro atoms. The van der Waals surface area contributed by atoms with E-state index in [1.54, 1.807) is 12.1 Å². The van der Waals surface area contributed by atoms with Crippen molar-refractivity contribution in [3.05, 3.63) is 58.7 Å². The average Bonchev–Trinajstić information content (AvgIpc) is 2.61. The first kappa shape index (κ1) is 23.3. The number of hydrogen-bond acceptors (Lipinski definition) is 4. The zero-order chi connectivity index (χ0) is 22.7. The van der Waals surface area contributed by atoms with Gasteiger partial charge >= 0.3 is 5.97 Å². The second-order valence-corrected chi connectivity index (χ2v) is 9.58. The van der Waals surface area contributed by atoms with Crippen LogP contribution in [-0.2, 0) is 10.8 Å². The van der Waals surface area contributed by atoms with Crippen LogP contribution in [-0.4, -0.2) is 27.5 Å². The molecule has 0 unspecified atom stereocenters. The highest BCUT2D eigenvalue weighted by molar-refractivity contribution is 7.80. The molecule has 0 aromatic heterocycles. The Hall–Kier alpha value is -2.93. The molecule has 6 nitrogen and oxygen atoms in total. The summed E-state index contributed by atoms with van der Waals surface area (Å²) in [5.41, 5.74) is 5.62. The number of phenolic OH excluding ortho intramolecular Hbond substituents is 1. The van der Waals surface area contributed by atoms with Crippen LogP contribution in [0.2, 0.25) is 0 Å². The van der Waals surface area contributed by atoms with Gasteiger partial charge in [-0.3, -0.25) is 5.43 Å². The molecule has 0 bridgehead atoms. The minimum Gasteiger partial charge on any atom is -0.507 e. The molecule has 7 heteroatoms. The summed E-state index contributed by atoms with van der Waals surface area (Å²) in [5.74, 6) is -0.825. The van der Waals surface area contributed by atoms with Crippen LogP contribution in [0, 0.1) is 0 Å². The van der Waals surface area contributed by atoms with Gasteiger partial charge in [0.1, 0.15) is 5.75 Å². The summed E-state index contributed by atoms with van der Waals surface area (Å²) in [5, 5.41) is 27.1. The number of rotatable bonds is 4. The van der Waals surface area contributed by atoms with E-state index in [0.29, 0.717) is 11.3 Å². The molecular weight excluding hydrogens is 398 g/mol. The van der Waals surface area contributed by atoms with Crippen LogP contribution >= 0.6 is 12.2 Å². The second-order valence-electron chi connectivity index (χ2n) is 9.17. The number of aromatic hydroxyl groups is 1. The van der Waals surface area contributed by atoms with Gasteiger partial charge < -0.3 is 15.5 Å². The Morgan fingerprint density at radius 1 is 1.07 bits per heavy atom. The number of hydrazone groups is 1. The van der Waals surface area contributed by atoms with Crippen LogP contribution < -0.4 is 10.7 Å². The highest BCUT2D eigenvalue weighted by Gasteiger charge is 2.24. The van der Waals surface area contributed by atoms with Crippen molar-refractivity contribution in [2.24, 2.45) is 5.10 Å². The lowest BCUT2D eigenvalue weighted by Gasteiger charge is -2.26. The van der Waals surface area contributed by atoms with Crippen molar-refractivity contribution in [1.82, 2.24) is 5.43 Å². The molecule has 0 heterocycles. The molecule has 2 rings (SSSR count). The maximum Gasteiger partial charge on any atom is 0.335 e. The van der Waals surface area contributed by atoms with E-state index in [2.05, 4.69) is 57.4 Å². The number of nitrogens with zero attached hydrogens (tertiary/aromatic N) is 1. The van der Waals surface area contributed by atoms with Crippen molar-refractivity contribution in [3.63, 3.8) is 0 Å².